The predicted molar refractivity (Wildman–Crippen MR) is 123 cm³/mol. The van der Waals surface area contributed by atoms with Gasteiger partial charge in [-0.2, -0.15) is 0 Å². The lowest BCUT2D eigenvalue weighted by Gasteiger charge is -2.38. The van der Waals surface area contributed by atoms with Gasteiger partial charge in [-0.15, -0.1) is 0 Å². The molecule has 2 atom stereocenters. The van der Waals surface area contributed by atoms with E-state index in [1.165, 1.54) is 22.5 Å². The molecule has 1 saturated heterocycles. The summed E-state index contributed by atoms with van der Waals surface area (Å²) >= 11 is 0. The summed E-state index contributed by atoms with van der Waals surface area (Å²) in [7, 11) is -3.14. The minimum atomic E-state index is -3.14. The third kappa shape index (κ3) is 6.86. The Morgan fingerprint density at radius 2 is 1.66 bits per heavy atom. The number of morpholine rings is 1. The monoisotopic (exact) mass is 425 g/mol. The smallest absolute Gasteiger partial charge is 0.213 e. The minimum Gasteiger partial charge on any atom is -0.385 e. The lowest BCUT2D eigenvalue weighted by Crippen LogP contribution is -2.45. The molecule has 1 heterocycles. The van der Waals surface area contributed by atoms with Crippen LogP contribution in [0.5, 0.6) is 0 Å². The number of rotatable bonds is 10. The van der Waals surface area contributed by atoms with Crippen LogP contribution in [0.25, 0.3) is 0 Å². The molecule has 1 fully saturated rings. The second kappa shape index (κ2) is 10.6. The number of ether oxygens (including phenoxy) is 1. The number of sulfonamides is 1. The molecule has 0 amide bonds. The zero-order valence-corrected chi connectivity index (χ0v) is 19.7. The van der Waals surface area contributed by atoms with Crippen LogP contribution < -0.4 is 14.9 Å². The van der Waals surface area contributed by atoms with Gasteiger partial charge in [0.2, 0.25) is 10.0 Å². The van der Waals surface area contributed by atoms with Crippen LogP contribution in [0.3, 0.4) is 0 Å². The Bertz CT molecular complexity index is 755. The highest BCUT2D eigenvalue weighted by molar-refractivity contribution is 7.90. The second-order valence-corrected chi connectivity index (χ2v) is 10.8. The number of hydrogen-bond donors (Lipinski definition) is 2. The molecule has 1 aliphatic rings. The van der Waals surface area contributed by atoms with Gasteiger partial charge in [-0.25, -0.2) is 13.1 Å². The molecule has 0 spiro atoms. The van der Waals surface area contributed by atoms with Gasteiger partial charge in [0.25, 0.3) is 0 Å². The second-order valence-electron chi connectivity index (χ2n) is 8.52. The SMILES string of the molecule is Cc1c(NCCCCCNS(=O)(=O)C(C)C)ccc(N2CC(C)OC(C)C2)c1C. The van der Waals surface area contributed by atoms with E-state index in [2.05, 4.69) is 54.8 Å². The van der Waals surface area contributed by atoms with Gasteiger partial charge in [0.15, 0.2) is 0 Å². The maximum Gasteiger partial charge on any atom is 0.213 e. The third-order valence-corrected chi connectivity index (χ3v) is 7.46. The highest BCUT2D eigenvalue weighted by Gasteiger charge is 2.24. The van der Waals surface area contributed by atoms with E-state index in [4.69, 9.17) is 4.74 Å². The molecule has 2 rings (SSSR count). The number of unbranched alkanes of at least 4 members (excludes halogenated alkanes) is 2. The highest BCUT2D eigenvalue weighted by Crippen LogP contribution is 2.30. The van der Waals surface area contributed by atoms with Gasteiger partial charge in [-0.3, -0.25) is 0 Å². The van der Waals surface area contributed by atoms with Crippen molar-refractivity contribution in [1.29, 1.82) is 0 Å². The van der Waals surface area contributed by atoms with Gasteiger partial charge in [0.05, 0.1) is 17.5 Å². The van der Waals surface area contributed by atoms with E-state index in [1.807, 2.05) is 0 Å². The molecule has 0 aromatic heterocycles. The summed E-state index contributed by atoms with van der Waals surface area (Å²) in [5.41, 5.74) is 5.09. The van der Waals surface area contributed by atoms with Crippen LogP contribution in [-0.4, -0.2) is 52.1 Å². The molecule has 1 aromatic rings. The summed E-state index contributed by atoms with van der Waals surface area (Å²) in [6.45, 7) is 15.3. The topological polar surface area (TPSA) is 70.7 Å². The molecule has 6 nitrogen and oxygen atoms in total. The van der Waals surface area contributed by atoms with E-state index in [-0.39, 0.29) is 17.5 Å². The molecule has 2 unspecified atom stereocenters. The number of benzene rings is 1. The highest BCUT2D eigenvalue weighted by atomic mass is 32.2. The molecular weight excluding hydrogens is 386 g/mol. The van der Waals surface area contributed by atoms with Gasteiger partial charge in [-0.1, -0.05) is 6.42 Å². The summed E-state index contributed by atoms with van der Waals surface area (Å²) in [4.78, 5) is 2.43. The van der Waals surface area contributed by atoms with Crippen molar-refractivity contribution in [2.45, 2.75) is 78.3 Å². The first-order chi connectivity index (χ1) is 13.6. The molecular formula is C22H39N3O3S. The third-order valence-electron chi connectivity index (χ3n) is 5.61. The predicted octanol–water partition coefficient (Wildman–Crippen LogP) is 3.83. The Morgan fingerprint density at radius 3 is 2.28 bits per heavy atom. The van der Waals surface area contributed by atoms with Crippen LogP contribution in [0.2, 0.25) is 0 Å². The molecule has 0 bridgehead atoms. The summed E-state index contributed by atoms with van der Waals surface area (Å²) < 4.78 is 32.0. The summed E-state index contributed by atoms with van der Waals surface area (Å²) in [5.74, 6) is 0. The molecule has 0 radical (unpaired) electrons. The molecule has 1 aromatic carbocycles. The molecule has 1 aliphatic heterocycles. The first kappa shape index (κ1) is 24.0. The lowest BCUT2D eigenvalue weighted by molar-refractivity contribution is -0.00524. The first-order valence-electron chi connectivity index (χ1n) is 10.8. The minimum absolute atomic E-state index is 0.251. The van der Waals surface area contributed by atoms with Crippen molar-refractivity contribution in [2.24, 2.45) is 0 Å². The maximum absolute atomic E-state index is 11.7. The van der Waals surface area contributed by atoms with Crippen molar-refractivity contribution < 1.29 is 13.2 Å². The number of anilines is 2. The van der Waals surface area contributed by atoms with E-state index in [0.29, 0.717) is 6.54 Å². The molecule has 2 N–H and O–H groups in total. The van der Waals surface area contributed by atoms with Gasteiger partial charge in [0, 0.05) is 37.6 Å². The van der Waals surface area contributed by atoms with Crippen LogP contribution in [0.15, 0.2) is 12.1 Å². The number of nitrogens with zero attached hydrogens (tertiary/aromatic N) is 1. The Balaban J connectivity index is 1.80. The Kier molecular flexibility index (Phi) is 8.79. The normalized spacial score (nSPS) is 20.3. The fourth-order valence-electron chi connectivity index (χ4n) is 3.75. The van der Waals surface area contributed by atoms with Crippen LogP contribution >= 0.6 is 0 Å². The first-order valence-corrected chi connectivity index (χ1v) is 12.4. The maximum atomic E-state index is 11.7. The van der Waals surface area contributed by atoms with Crippen LogP contribution in [0.4, 0.5) is 11.4 Å². The van der Waals surface area contributed by atoms with E-state index < -0.39 is 10.0 Å². The number of hydrogen-bond acceptors (Lipinski definition) is 5. The number of nitrogens with one attached hydrogen (secondary N) is 2. The van der Waals surface area contributed by atoms with Crippen molar-refractivity contribution >= 4 is 21.4 Å². The van der Waals surface area contributed by atoms with Crippen molar-refractivity contribution in [2.75, 3.05) is 36.4 Å². The van der Waals surface area contributed by atoms with Gasteiger partial charge in [0.1, 0.15) is 0 Å². The van der Waals surface area contributed by atoms with Crippen LogP contribution in [0.1, 0.15) is 58.1 Å². The Labute approximate surface area is 177 Å². The van der Waals surface area contributed by atoms with E-state index in [9.17, 15) is 8.42 Å². The van der Waals surface area contributed by atoms with Gasteiger partial charge in [-0.05, 0) is 77.6 Å². The van der Waals surface area contributed by atoms with Crippen molar-refractivity contribution in [3.63, 3.8) is 0 Å². The summed E-state index contributed by atoms with van der Waals surface area (Å²) in [5, 5.41) is 3.17. The standard InChI is InChI=1S/C22H39N3O3S/c1-16(2)29(26,27)24-13-9-7-8-12-23-21-10-11-22(20(6)19(21)5)25-14-17(3)28-18(4)15-25/h10-11,16-18,23-24H,7-9,12-15H2,1-6H3. The zero-order valence-electron chi connectivity index (χ0n) is 18.9. The van der Waals surface area contributed by atoms with E-state index >= 15 is 0 Å². The van der Waals surface area contributed by atoms with Crippen molar-refractivity contribution in [3.05, 3.63) is 23.3 Å². The summed E-state index contributed by atoms with van der Waals surface area (Å²) in [6, 6.07) is 4.40. The molecule has 29 heavy (non-hydrogen) atoms. The van der Waals surface area contributed by atoms with Crippen LogP contribution in [0, 0.1) is 13.8 Å². The van der Waals surface area contributed by atoms with E-state index in [1.54, 1.807) is 13.8 Å². The largest absolute Gasteiger partial charge is 0.385 e. The average Bonchev–Trinajstić information content (AvgIpc) is 2.63. The fraction of sp³-hybridized carbons (Fsp3) is 0.727. The average molecular weight is 426 g/mol. The molecule has 0 saturated carbocycles. The van der Waals surface area contributed by atoms with Gasteiger partial charge < -0.3 is 15.0 Å². The fourth-order valence-corrected chi connectivity index (χ4v) is 4.51. The van der Waals surface area contributed by atoms with Gasteiger partial charge >= 0.3 is 0 Å². The van der Waals surface area contributed by atoms with Crippen molar-refractivity contribution in [3.8, 4) is 0 Å². The molecule has 7 heteroatoms. The Hall–Kier alpha value is -1.31. The van der Waals surface area contributed by atoms with E-state index in [0.717, 1.165) is 38.9 Å². The zero-order chi connectivity index (χ0) is 21.6. The molecule has 166 valence electrons. The Morgan fingerprint density at radius 1 is 1.03 bits per heavy atom. The lowest BCUT2D eigenvalue weighted by atomic mass is 10.0. The van der Waals surface area contributed by atoms with Crippen LogP contribution in [-0.2, 0) is 14.8 Å². The van der Waals surface area contributed by atoms with Crippen molar-refractivity contribution in [1.82, 2.24) is 4.72 Å². The summed E-state index contributed by atoms with van der Waals surface area (Å²) in [6.07, 6.45) is 3.37. The molecule has 0 aliphatic carbocycles. The quantitative estimate of drug-likeness (QED) is 0.558.